The monoisotopic (exact) mass is 417 g/mol. The number of hydrogen-bond donors (Lipinski definition) is 2. The first-order valence-electron chi connectivity index (χ1n) is 8.75. The number of carbonyl (C=O) groups excluding carboxylic acids is 2. The second-order valence-electron chi connectivity index (χ2n) is 7.44. The predicted octanol–water partition coefficient (Wildman–Crippen LogP) is 1.78. The molecule has 3 N–H and O–H groups in total. The van der Waals surface area contributed by atoms with Gasteiger partial charge in [0.2, 0.25) is 10.0 Å². The molecule has 0 fully saturated rings. The maximum Gasteiger partial charge on any atom is 0.261 e. The van der Waals surface area contributed by atoms with Crippen molar-refractivity contribution in [1.29, 1.82) is 0 Å². The van der Waals surface area contributed by atoms with Crippen molar-refractivity contribution in [1.82, 2.24) is 9.62 Å². The molecule has 1 aliphatic rings. The molecule has 0 bridgehead atoms. The van der Waals surface area contributed by atoms with E-state index in [2.05, 4.69) is 4.72 Å². The molecule has 0 saturated heterocycles. The number of halogens is 1. The number of nitrogens with one attached hydrogen (secondary N) is 1. The molecule has 2 rings (SSSR count). The first kappa shape index (κ1) is 23.6. The number of benzene rings is 1. The Morgan fingerprint density at radius 3 is 2.11 bits per heavy atom. The second-order valence-corrected chi connectivity index (χ2v) is 9.29. The lowest BCUT2D eigenvalue weighted by Gasteiger charge is -2.30. The van der Waals surface area contributed by atoms with Crippen LogP contribution in [0.1, 0.15) is 54.3 Å². The fraction of sp³-hybridized carbons (Fsp3) is 0.556. The molecule has 9 heteroatoms. The van der Waals surface area contributed by atoms with Crippen LogP contribution in [0.3, 0.4) is 0 Å². The van der Waals surface area contributed by atoms with Crippen LogP contribution in [0.4, 0.5) is 0 Å². The molecule has 27 heavy (non-hydrogen) atoms. The summed E-state index contributed by atoms with van der Waals surface area (Å²) in [5, 5.41) is 0. The maximum absolute atomic E-state index is 12.4. The molecule has 1 aromatic carbocycles. The van der Waals surface area contributed by atoms with Crippen LogP contribution >= 0.6 is 12.4 Å². The van der Waals surface area contributed by atoms with Crippen LogP contribution in [0.15, 0.2) is 24.3 Å². The minimum atomic E-state index is -3.57. The first-order valence-corrected chi connectivity index (χ1v) is 10.4. The standard InChI is InChI=1S/C18H27N3O4S.ClH/c1-13(2)11-18(3,12-19)20-26(24,25)10-6-9-21-16(22)14-7-4-5-8-15(14)17(21)23;/h4-5,7-8,13,20H,6,9-12,19H2,1-3H3;1H. The van der Waals surface area contributed by atoms with Crippen LogP contribution in [0.2, 0.25) is 0 Å². The molecular formula is C18H28ClN3O4S. The van der Waals surface area contributed by atoms with Crippen molar-refractivity contribution in [2.45, 2.75) is 39.2 Å². The van der Waals surface area contributed by atoms with E-state index in [4.69, 9.17) is 5.73 Å². The summed E-state index contributed by atoms with van der Waals surface area (Å²) in [6, 6.07) is 6.60. The second kappa shape index (κ2) is 9.14. The predicted molar refractivity (Wildman–Crippen MR) is 108 cm³/mol. The number of carbonyl (C=O) groups is 2. The van der Waals surface area contributed by atoms with Gasteiger partial charge in [-0.25, -0.2) is 13.1 Å². The highest BCUT2D eigenvalue weighted by Gasteiger charge is 2.35. The highest BCUT2D eigenvalue weighted by molar-refractivity contribution is 7.89. The minimum Gasteiger partial charge on any atom is -0.329 e. The van der Waals surface area contributed by atoms with Crippen molar-refractivity contribution in [3.05, 3.63) is 35.4 Å². The lowest BCUT2D eigenvalue weighted by atomic mass is 9.92. The Kier molecular flexibility index (Phi) is 7.98. The SMILES string of the molecule is CC(C)CC(C)(CN)NS(=O)(=O)CCCN1C(=O)c2ccccc2C1=O.Cl. The van der Waals surface area contributed by atoms with Gasteiger partial charge in [0.1, 0.15) is 0 Å². The van der Waals surface area contributed by atoms with Crippen molar-refractivity contribution in [2.75, 3.05) is 18.8 Å². The van der Waals surface area contributed by atoms with Gasteiger partial charge in [0, 0.05) is 18.6 Å². The van der Waals surface area contributed by atoms with Gasteiger partial charge >= 0.3 is 0 Å². The van der Waals surface area contributed by atoms with E-state index in [1.165, 1.54) is 0 Å². The fourth-order valence-electron chi connectivity index (χ4n) is 3.35. The Morgan fingerprint density at radius 1 is 1.15 bits per heavy atom. The van der Waals surface area contributed by atoms with E-state index < -0.39 is 15.6 Å². The third-order valence-corrected chi connectivity index (χ3v) is 6.01. The van der Waals surface area contributed by atoms with Crippen LogP contribution in [0.25, 0.3) is 0 Å². The molecular weight excluding hydrogens is 390 g/mol. The van der Waals surface area contributed by atoms with Crippen LogP contribution in [0.5, 0.6) is 0 Å². The summed E-state index contributed by atoms with van der Waals surface area (Å²) in [6.45, 7) is 6.06. The molecule has 1 unspecified atom stereocenters. The van der Waals surface area contributed by atoms with Gasteiger partial charge < -0.3 is 5.73 Å². The first-order chi connectivity index (χ1) is 12.1. The molecule has 0 radical (unpaired) electrons. The van der Waals surface area contributed by atoms with E-state index in [9.17, 15) is 18.0 Å². The lowest BCUT2D eigenvalue weighted by Crippen LogP contribution is -2.52. The molecule has 7 nitrogen and oxygen atoms in total. The zero-order valence-electron chi connectivity index (χ0n) is 15.9. The van der Waals surface area contributed by atoms with E-state index in [1.54, 1.807) is 31.2 Å². The molecule has 2 amide bonds. The third kappa shape index (κ3) is 5.75. The van der Waals surface area contributed by atoms with Crippen molar-refractivity contribution in [3.8, 4) is 0 Å². The van der Waals surface area contributed by atoms with E-state index in [0.717, 1.165) is 4.90 Å². The molecule has 1 aliphatic heterocycles. The van der Waals surface area contributed by atoms with Gasteiger partial charge in [-0.1, -0.05) is 26.0 Å². The van der Waals surface area contributed by atoms with Crippen molar-refractivity contribution in [2.24, 2.45) is 11.7 Å². The van der Waals surface area contributed by atoms with Gasteiger partial charge in [-0.05, 0) is 37.8 Å². The Labute approximate surface area is 167 Å². The van der Waals surface area contributed by atoms with E-state index >= 15 is 0 Å². The van der Waals surface area contributed by atoms with Gasteiger partial charge in [-0.3, -0.25) is 14.5 Å². The zero-order chi connectivity index (χ0) is 19.5. The Balaban J connectivity index is 0.00000364. The normalized spacial score (nSPS) is 16.3. The molecule has 0 aliphatic carbocycles. The van der Waals surface area contributed by atoms with Crippen LogP contribution in [-0.4, -0.2) is 49.5 Å². The van der Waals surface area contributed by atoms with Gasteiger partial charge in [0.25, 0.3) is 11.8 Å². The summed E-state index contributed by atoms with van der Waals surface area (Å²) < 4.78 is 27.4. The number of hydrogen-bond acceptors (Lipinski definition) is 5. The van der Waals surface area contributed by atoms with E-state index in [-0.39, 0.29) is 49.5 Å². The summed E-state index contributed by atoms with van der Waals surface area (Å²) in [6.07, 6.45) is 0.796. The van der Waals surface area contributed by atoms with Crippen LogP contribution in [0, 0.1) is 5.92 Å². The Bertz CT molecular complexity index is 763. The highest BCUT2D eigenvalue weighted by Crippen LogP contribution is 2.22. The van der Waals surface area contributed by atoms with Crippen LogP contribution in [-0.2, 0) is 10.0 Å². The highest BCUT2D eigenvalue weighted by atomic mass is 35.5. The molecule has 1 aromatic rings. The average molecular weight is 418 g/mol. The zero-order valence-corrected chi connectivity index (χ0v) is 17.5. The van der Waals surface area contributed by atoms with Crippen molar-refractivity contribution >= 4 is 34.2 Å². The van der Waals surface area contributed by atoms with E-state index in [0.29, 0.717) is 23.5 Å². The van der Waals surface area contributed by atoms with Crippen LogP contribution < -0.4 is 10.5 Å². The smallest absolute Gasteiger partial charge is 0.261 e. The summed E-state index contributed by atoms with van der Waals surface area (Å²) >= 11 is 0. The average Bonchev–Trinajstić information content (AvgIpc) is 2.79. The lowest BCUT2D eigenvalue weighted by molar-refractivity contribution is 0.0654. The number of nitrogens with two attached hydrogens (primary N) is 1. The van der Waals surface area contributed by atoms with Gasteiger partial charge in [-0.15, -0.1) is 12.4 Å². The Morgan fingerprint density at radius 2 is 1.67 bits per heavy atom. The molecule has 1 atom stereocenters. The largest absolute Gasteiger partial charge is 0.329 e. The topological polar surface area (TPSA) is 110 Å². The molecule has 0 aromatic heterocycles. The quantitative estimate of drug-likeness (QED) is 0.595. The molecule has 0 spiro atoms. The molecule has 152 valence electrons. The third-order valence-electron chi connectivity index (χ3n) is 4.38. The summed E-state index contributed by atoms with van der Waals surface area (Å²) in [5.41, 5.74) is 5.78. The number of rotatable bonds is 9. The summed E-state index contributed by atoms with van der Waals surface area (Å²) in [5.74, 6) is -0.622. The van der Waals surface area contributed by atoms with Crippen molar-refractivity contribution in [3.63, 3.8) is 0 Å². The van der Waals surface area contributed by atoms with Crippen molar-refractivity contribution < 1.29 is 18.0 Å². The van der Waals surface area contributed by atoms with Gasteiger partial charge in [0.15, 0.2) is 0 Å². The van der Waals surface area contributed by atoms with Gasteiger partial charge in [-0.2, -0.15) is 0 Å². The molecule has 1 heterocycles. The fourth-order valence-corrected chi connectivity index (χ4v) is 4.88. The number of sulfonamides is 1. The Hall–Kier alpha value is -1.48. The molecule has 0 saturated carbocycles. The summed E-state index contributed by atoms with van der Waals surface area (Å²) in [7, 11) is -3.57. The number of nitrogens with zero attached hydrogens (tertiary/aromatic N) is 1. The minimum absolute atomic E-state index is 0. The number of imide groups is 1. The summed E-state index contributed by atoms with van der Waals surface area (Å²) in [4.78, 5) is 25.7. The number of fused-ring (bicyclic) bond motifs is 1. The maximum atomic E-state index is 12.4. The van der Waals surface area contributed by atoms with Gasteiger partial charge in [0.05, 0.1) is 16.9 Å². The van der Waals surface area contributed by atoms with E-state index in [1.807, 2.05) is 13.8 Å². The number of amides is 2.